The molecule has 0 saturated carbocycles. The van der Waals surface area contributed by atoms with Gasteiger partial charge < -0.3 is 5.32 Å². The third-order valence-corrected chi connectivity index (χ3v) is 4.33. The van der Waals surface area contributed by atoms with Crippen molar-refractivity contribution in [2.75, 3.05) is 26.7 Å². The Morgan fingerprint density at radius 3 is 3.00 bits per heavy atom. The van der Waals surface area contributed by atoms with Gasteiger partial charge in [-0.1, -0.05) is 17.7 Å². The minimum absolute atomic E-state index is 0.243. The number of hydrogen-bond acceptors (Lipinski definition) is 2. The molecule has 0 spiro atoms. The number of nitrogens with zero attached hydrogens (tertiary/aromatic N) is 1. The van der Waals surface area contributed by atoms with E-state index in [2.05, 4.69) is 17.1 Å². The third-order valence-electron chi connectivity index (χ3n) is 4.00. The Morgan fingerprint density at radius 2 is 2.32 bits per heavy atom. The van der Waals surface area contributed by atoms with Gasteiger partial charge in [-0.3, -0.25) is 4.90 Å². The van der Waals surface area contributed by atoms with Crippen LogP contribution < -0.4 is 5.32 Å². The Morgan fingerprint density at radius 1 is 1.53 bits per heavy atom. The molecule has 1 aliphatic rings. The molecule has 0 amide bonds. The highest BCUT2D eigenvalue weighted by Gasteiger charge is 2.25. The lowest BCUT2D eigenvalue weighted by Gasteiger charge is -2.37. The maximum Gasteiger partial charge on any atom is 0.124 e. The van der Waals surface area contributed by atoms with Crippen LogP contribution in [-0.4, -0.2) is 31.6 Å². The SMILES string of the molecule is CNCC1CCCN(C(C)c2ccc(F)cc2Cl)C1. The summed E-state index contributed by atoms with van der Waals surface area (Å²) in [6.07, 6.45) is 2.50. The zero-order chi connectivity index (χ0) is 13.8. The minimum Gasteiger partial charge on any atom is -0.319 e. The molecule has 1 heterocycles. The molecule has 0 aliphatic carbocycles. The molecule has 1 saturated heterocycles. The summed E-state index contributed by atoms with van der Waals surface area (Å²) in [7, 11) is 2.00. The fraction of sp³-hybridized carbons (Fsp3) is 0.600. The molecule has 2 rings (SSSR count). The van der Waals surface area contributed by atoms with E-state index >= 15 is 0 Å². The summed E-state index contributed by atoms with van der Waals surface area (Å²) in [5.74, 6) is 0.424. The molecule has 1 aromatic rings. The number of rotatable bonds is 4. The van der Waals surface area contributed by atoms with Gasteiger partial charge >= 0.3 is 0 Å². The molecule has 4 heteroatoms. The summed E-state index contributed by atoms with van der Waals surface area (Å²) >= 11 is 6.16. The summed E-state index contributed by atoms with van der Waals surface area (Å²) in [5.41, 5.74) is 1.02. The topological polar surface area (TPSA) is 15.3 Å². The normalized spacial score (nSPS) is 22.4. The summed E-state index contributed by atoms with van der Waals surface area (Å²) in [6, 6.07) is 4.95. The molecule has 0 bridgehead atoms. The van der Waals surface area contributed by atoms with Gasteiger partial charge in [-0.2, -0.15) is 0 Å². The molecule has 2 unspecified atom stereocenters. The van der Waals surface area contributed by atoms with Crippen molar-refractivity contribution in [3.05, 3.63) is 34.6 Å². The van der Waals surface area contributed by atoms with Crippen LogP contribution in [0.25, 0.3) is 0 Å². The Kier molecular flexibility index (Phi) is 5.20. The predicted octanol–water partition coefficient (Wildman–Crippen LogP) is 3.47. The molecule has 1 fully saturated rings. The first-order chi connectivity index (χ1) is 9.11. The van der Waals surface area contributed by atoms with Crippen LogP contribution >= 0.6 is 11.6 Å². The second-order valence-electron chi connectivity index (χ2n) is 5.40. The molecule has 1 aromatic carbocycles. The third kappa shape index (κ3) is 3.68. The van der Waals surface area contributed by atoms with Crippen molar-refractivity contribution in [1.82, 2.24) is 10.2 Å². The molecule has 2 nitrogen and oxygen atoms in total. The van der Waals surface area contributed by atoms with Crippen LogP contribution in [0.15, 0.2) is 18.2 Å². The van der Waals surface area contributed by atoms with E-state index in [1.807, 2.05) is 13.1 Å². The van der Waals surface area contributed by atoms with Crippen LogP contribution in [0.2, 0.25) is 5.02 Å². The number of nitrogens with one attached hydrogen (secondary N) is 1. The van der Waals surface area contributed by atoms with Crippen LogP contribution in [0.1, 0.15) is 31.4 Å². The van der Waals surface area contributed by atoms with Crippen LogP contribution in [0.5, 0.6) is 0 Å². The van der Waals surface area contributed by atoms with Crippen LogP contribution in [0.4, 0.5) is 4.39 Å². The monoisotopic (exact) mass is 284 g/mol. The number of hydrogen-bond donors (Lipinski definition) is 1. The maximum atomic E-state index is 13.1. The quantitative estimate of drug-likeness (QED) is 0.911. The van der Waals surface area contributed by atoms with Gasteiger partial charge in [-0.15, -0.1) is 0 Å². The minimum atomic E-state index is -0.271. The number of benzene rings is 1. The lowest BCUT2D eigenvalue weighted by Crippen LogP contribution is -2.40. The van der Waals surface area contributed by atoms with Gasteiger partial charge in [0.05, 0.1) is 0 Å². The summed E-state index contributed by atoms with van der Waals surface area (Å²) < 4.78 is 13.1. The summed E-state index contributed by atoms with van der Waals surface area (Å²) in [6.45, 7) is 5.38. The van der Waals surface area contributed by atoms with E-state index in [-0.39, 0.29) is 11.9 Å². The van der Waals surface area contributed by atoms with Crippen molar-refractivity contribution in [2.24, 2.45) is 5.92 Å². The van der Waals surface area contributed by atoms with Crippen molar-refractivity contribution in [3.8, 4) is 0 Å². The second kappa shape index (κ2) is 6.69. The molecule has 19 heavy (non-hydrogen) atoms. The molecule has 0 aromatic heterocycles. The molecular weight excluding hydrogens is 263 g/mol. The fourth-order valence-electron chi connectivity index (χ4n) is 2.94. The van der Waals surface area contributed by atoms with E-state index < -0.39 is 0 Å². The van der Waals surface area contributed by atoms with Gasteiger partial charge in [0.15, 0.2) is 0 Å². The Balaban J connectivity index is 2.07. The highest BCUT2D eigenvalue weighted by molar-refractivity contribution is 6.31. The highest BCUT2D eigenvalue weighted by Crippen LogP contribution is 2.31. The lowest BCUT2D eigenvalue weighted by molar-refractivity contribution is 0.131. The number of halogens is 2. The van der Waals surface area contributed by atoms with Gasteiger partial charge in [-0.05, 0) is 63.5 Å². The standard InChI is InChI=1S/C15H22ClFN2/c1-11(14-6-5-13(17)8-15(14)16)19-7-3-4-12(10-19)9-18-2/h5-6,8,11-12,18H,3-4,7,9-10H2,1-2H3. The van der Waals surface area contributed by atoms with Gasteiger partial charge in [0.1, 0.15) is 5.82 Å². The second-order valence-corrected chi connectivity index (χ2v) is 5.81. The molecule has 1 N–H and O–H groups in total. The van der Waals surface area contributed by atoms with Crippen LogP contribution in [0.3, 0.4) is 0 Å². The van der Waals surface area contributed by atoms with E-state index in [9.17, 15) is 4.39 Å². The van der Waals surface area contributed by atoms with Crippen molar-refractivity contribution < 1.29 is 4.39 Å². The first kappa shape index (κ1) is 14.8. The van der Waals surface area contributed by atoms with E-state index in [0.717, 1.165) is 25.2 Å². The van der Waals surface area contributed by atoms with Crippen molar-refractivity contribution in [1.29, 1.82) is 0 Å². The van der Waals surface area contributed by atoms with Crippen LogP contribution in [0, 0.1) is 11.7 Å². The Hall–Kier alpha value is -0.640. The molecular formula is C15H22ClFN2. The van der Waals surface area contributed by atoms with Crippen molar-refractivity contribution in [2.45, 2.75) is 25.8 Å². The van der Waals surface area contributed by atoms with Crippen molar-refractivity contribution >= 4 is 11.6 Å². The van der Waals surface area contributed by atoms with Crippen molar-refractivity contribution in [3.63, 3.8) is 0 Å². The fourth-order valence-corrected chi connectivity index (χ4v) is 3.27. The molecule has 1 aliphatic heterocycles. The number of likely N-dealkylation sites (tertiary alicyclic amines) is 1. The average molecular weight is 285 g/mol. The van der Waals surface area contributed by atoms with Gasteiger partial charge in [0, 0.05) is 17.6 Å². The summed E-state index contributed by atoms with van der Waals surface area (Å²) in [5, 5.41) is 3.78. The zero-order valence-electron chi connectivity index (χ0n) is 11.6. The Labute approximate surface area is 119 Å². The van der Waals surface area contributed by atoms with Gasteiger partial charge in [0.25, 0.3) is 0 Å². The molecule has 2 atom stereocenters. The van der Waals surface area contributed by atoms with E-state index in [0.29, 0.717) is 10.9 Å². The maximum absolute atomic E-state index is 13.1. The van der Waals surface area contributed by atoms with E-state index in [4.69, 9.17) is 11.6 Å². The molecule has 106 valence electrons. The molecule has 0 radical (unpaired) electrons. The number of piperidine rings is 1. The van der Waals surface area contributed by atoms with Gasteiger partial charge in [-0.25, -0.2) is 4.39 Å². The van der Waals surface area contributed by atoms with E-state index in [1.54, 1.807) is 0 Å². The van der Waals surface area contributed by atoms with Gasteiger partial charge in [0.2, 0.25) is 0 Å². The lowest BCUT2D eigenvalue weighted by atomic mass is 9.95. The first-order valence-corrected chi connectivity index (χ1v) is 7.33. The largest absolute Gasteiger partial charge is 0.319 e. The average Bonchev–Trinajstić information content (AvgIpc) is 2.39. The first-order valence-electron chi connectivity index (χ1n) is 6.95. The smallest absolute Gasteiger partial charge is 0.124 e. The predicted molar refractivity (Wildman–Crippen MR) is 78.0 cm³/mol. The van der Waals surface area contributed by atoms with Crippen LogP contribution in [-0.2, 0) is 0 Å². The zero-order valence-corrected chi connectivity index (χ0v) is 12.4. The Bertz CT molecular complexity index is 423. The highest BCUT2D eigenvalue weighted by atomic mass is 35.5. The van der Waals surface area contributed by atoms with E-state index in [1.165, 1.54) is 25.0 Å². The summed E-state index contributed by atoms with van der Waals surface area (Å²) in [4.78, 5) is 2.45.